The van der Waals surface area contributed by atoms with Crippen LogP contribution in [0.3, 0.4) is 0 Å². The summed E-state index contributed by atoms with van der Waals surface area (Å²) in [7, 11) is 0. The number of hydrogen-bond acceptors (Lipinski definition) is 4. The van der Waals surface area contributed by atoms with Crippen molar-refractivity contribution in [2.45, 2.75) is 58.2 Å². The maximum Gasteiger partial charge on any atom is 0.341 e. The molecule has 0 radical (unpaired) electrons. The van der Waals surface area contributed by atoms with Crippen LogP contribution in [0.4, 0.5) is 4.79 Å². The highest BCUT2D eigenvalue weighted by Crippen LogP contribution is 2.41. The van der Waals surface area contributed by atoms with Crippen LogP contribution >= 0.6 is 0 Å². The summed E-state index contributed by atoms with van der Waals surface area (Å²) in [5.41, 5.74) is 8.16. The minimum atomic E-state index is -0.185. The Balaban J connectivity index is 1.29. The van der Waals surface area contributed by atoms with Gasteiger partial charge >= 0.3 is 6.03 Å². The Morgan fingerprint density at radius 1 is 1.19 bits per heavy atom. The quantitative estimate of drug-likeness (QED) is 0.616. The van der Waals surface area contributed by atoms with Gasteiger partial charge in [0.25, 0.3) is 0 Å². The smallest absolute Gasteiger partial charge is 0.341 e. The maximum absolute atomic E-state index is 12.3. The SMILES string of the molecule is Cc1c(-c2ccc3c(c2)CCC2(CCN(C(=O)NOC(C)C)CC2)O3)ccc2nccn12. The number of hydrogen-bond donors (Lipinski definition) is 1. The number of ether oxygens (including phenoxy) is 1. The standard InChI is InChI=1S/C25H30N4O3/c1-17(2)32-27-24(30)28-13-10-25(11-14-28)9-8-20-16-19(4-6-22(20)31-25)21-5-7-23-26-12-15-29(23)18(21)3/h4-7,12,15-17H,8-11,13-14H2,1-3H3,(H,27,30). The predicted molar refractivity (Wildman–Crippen MR) is 123 cm³/mol. The van der Waals surface area contributed by atoms with E-state index in [0.29, 0.717) is 13.1 Å². The van der Waals surface area contributed by atoms with Gasteiger partial charge in [-0.1, -0.05) is 6.07 Å². The molecule has 7 heteroatoms. The van der Waals surface area contributed by atoms with Crippen molar-refractivity contribution in [3.8, 4) is 16.9 Å². The molecule has 2 aliphatic rings. The van der Waals surface area contributed by atoms with E-state index < -0.39 is 0 Å². The molecule has 0 atom stereocenters. The van der Waals surface area contributed by atoms with Gasteiger partial charge in [-0.15, -0.1) is 0 Å². The minimum Gasteiger partial charge on any atom is -0.487 e. The van der Waals surface area contributed by atoms with E-state index in [1.54, 1.807) is 0 Å². The number of aryl methyl sites for hydroxylation is 2. The molecular weight excluding hydrogens is 404 g/mol. The lowest BCUT2D eigenvalue weighted by molar-refractivity contribution is -0.0224. The van der Waals surface area contributed by atoms with Crippen LogP contribution in [0.15, 0.2) is 42.7 Å². The number of amides is 2. The van der Waals surface area contributed by atoms with E-state index in [2.05, 4.69) is 52.1 Å². The molecule has 2 amide bonds. The third kappa shape index (κ3) is 3.81. The summed E-state index contributed by atoms with van der Waals surface area (Å²) in [5, 5.41) is 0. The molecule has 7 nitrogen and oxygen atoms in total. The lowest BCUT2D eigenvalue weighted by atomic mass is 9.82. The number of pyridine rings is 1. The van der Waals surface area contributed by atoms with Gasteiger partial charge in [0.05, 0.1) is 6.10 Å². The number of likely N-dealkylation sites (tertiary alicyclic amines) is 1. The number of nitrogens with zero attached hydrogens (tertiary/aromatic N) is 3. The molecule has 32 heavy (non-hydrogen) atoms. The molecular formula is C25H30N4O3. The van der Waals surface area contributed by atoms with Crippen molar-refractivity contribution in [2.75, 3.05) is 13.1 Å². The second-order valence-corrected chi connectivity index (χ2v) is 9.16. The Kier molecular flexibility index (Phi) is 5.29. The average Bonchev–Trinajstić information content (AvgIpc) is 3.28. The molecule has 4 heterocycles. The molecule has 5 rings (SSSR count). The van der Waals surface area contributed by atoms with Crippen LogP contribution in [0.2, 0.25) is 0 Å². The van der Waals surface area contributed by atoms with Crippen molar-refractivity contribution < 1.29 is 14.4 Å². The summed E-state index contributed by atoms with van der Waals surface area (Å²) in [6.45, 7) is 7.25. The first-order valence-electron chi connectivity index (χ1n) is 11.4. The molecule has 0 saturated carbocycles. The second kappa shape index (κ2) is 8.13. The zero-order valence-corrected chi connectivity index (χ0v) is 18.9. The van der Waals surface area contributed by atoms with Crippen molar-refractivity contribution in [1.29, 1.82) is 0 Å². The first-order chi connectivity index (χ1) is 15.4. The highest BCUT2D eigenvalue weighted by molar-refractivity contribution is 5.73. The fraction of sp³-hybridized carbons (Fsp3) is 0.440. The van der Waals surface area contributed by atoms with Crippen molar-refractivity contribution in [3.05, 3.63) is 54.0 Å². The number of carbonyl (C=O) groups is 1. The van der Waals surface area contributed by atoms with E-state index >= 15 is 0 Å². The van der Waals surface area contributed by atoms with Crippen LogP contribution in [-0.2, 0) is 11.3 Å². The molecule has 1 fully saturated rings. The van der Waals surface area contributed by atoms with E-state index in [9.17, 15) is 4.79 Å². The lowest BCUT2D eigenvalue weighted by Gasteiger charge is -2.44. The first kappa shape index (κ1) is 20.8. The van der Waals surface area contributed by atoms with E-state index in [1.165, 1.54) is 22.4 Å². The molecule has 2 aromatic heterocycles. The number of urea groups is 1. The first-order valence-corrected chi connectivity index (χ1v) is 11.4. The third-order valence-corrected chi connectivity index (χ3v) is 6.71. The van der Waals surface area contributed by atoms with Crippen LogP contribution in [0.25, 0.3) is 16.8 Å². The van der Waals surface area contributed by atoms with E-state index in [0.717, 1.165) is 37.1 Å². The van der Waals surface area contributed by atoms with E-state index in [4.69, 9.17) is 9.57 Å². The molecule has 2 aliphatic heterocycles. The average molecular weight is 435 g/mol. The Bertz CT molecular complexity index is 1150. The van der Waals surface area contributed by atoms with Crippen molar-refractivity contribution in [2.24, 2.45) is 0 Å². The predicted octanol–water partition coefficient (Wildman–Crippen LogP) is 4.52. The summed E-state index contributed by atoms with van der Waals surface area (Å²) >= 11 is 0. The Hall–Kier alpha value is -3.06. The normalized spacial score (nSPS) is 17.4. The van der Waals surface area contributed by atoms with Gasteiger partial charge in [0.2, 0.25) is 0 Å². The van der Waals surface area contributed by atoms with Crippen molar-refractivity contribution in [1.82, 2.24) is 19.8 Å². The zero-order valence-electron chi connectivity index (χ0n) is 18.9. The van der Waals surface area contributed by atoms with Crippen LogP contribution in [0.5, 0.6) is 5.75 Å². The Morgan fingerprint density at radius 2 is 2.00 bits per heavy atom. The zero-order chi connectivity index (χ0) is 22.3. The van der Waals surface area contributed by atoms with Crippen LogP contribution < -0.4 is 10.2 Å². The summed E-state index contributed by atoms with van der Waals surface area (Å²) in [6, 6.07) is 10.6. The van der Waals surface area contributed by atoms with Crippen molar-refractivity contribution in [3.63, 3.8) is 0 Å². The Morgan fingerprint density at radius 3 is 2.78 bits per heavy atom. The summed E-state index contributed by atoms with van der Waals surface area (Å²) in [5.74, 6) is 0.974. The summed E-state index contributed by atoms with van der Waals surface area (Å²) in [6.07, 6.45) is 7.42. The van der Waals surface area contributed by atoms with Gasteiger partial charge < -0.3 is 14.0 Å². The van der Waals surface area contributed by atoms with Gasteiger partial charge in [0.15, 0.2) is 0 Å². The van der Waals surface area contributed by atoms with Crippen LogP contribution in [0, 0.1) is 6.92 Å². The van der Waals surface area contributed by atoms with E-state index in [1.807, 2.05) is 31.1 Å². The number of aromatic nitrogens is 2. The number of fused-ring (bicyclic) bond motifs is 2. The molecule has 168 valence electrons. The summed E-state index contributed by atoms with van der Waals surface area (Å²) < 4.78 is 8.68. The van der Waals surface area contributed by atoms with Gasteiger partial charge in [0, 0.05) is 49.6 Å². The fourth-order valence-corrected chi connectivity index (χ4v) is 4.83. The Labute approximate surface area is 188 Å². The molecule has 1 saturated heterocycles. The lowest BCUT2D eigenvalue weighted by Crippen LogP contribution is -2.53. The number of hydroxylamine groups is 1. The van der Waals surface area contributed by atoms with Gasteiger partial charge in [-0.25, -0.2) is 15.3 Å². The highest BCUT2D eigenvalue weighted by Gasteiger charge is 2.40. The summed E-state index contributed by atoms with van der Waals surface area (Å²) in [4.78, 5) is 23.7. The molecule has 3 aromatic rings. The number of piperidine rings is 1. The monoisotopic (exact) mass is 434 g/mol. The van der Waals surface area contributed by atoms with Crippen molar-refractivity contribution >= 4 is 11.7 Å². The van der Waals surface area contributed by atoms with Gasteiger partial charge in [0.1, 0.15) is 17.0 Å². The number of carbonyl (C=O) groups excluding carboxylic acids is 1. The number of nitrogens with one attached hydrogen (secondary N) is 1. The topological polar surface area (TPSA) is 68.1 Å². The van der Waals surface area contributed by atoms with Gasteiger partial charge in [-0.2, -0.15) is 0 Å². The molecule has 0 aliphatic carbocycles. The molecule has 1 spiro atoms. The second-order valence-electron chi connectivity index (χ2n) is 9.16. The third-order valence-electron chi connectivity index (χ3n) is 6.71. The fourth-order valence-electron chi connectivity index (χ4n) is 4.83. The molecule has 0 unspecified atom stereocenters. The highest BCUT2D eigenvalue weighted by atomic mass is 16.7. The van der Waals surface area contributed by atoms with Crippen LogP contribution in [-0.4, -0.2) is 45.1 Å². The van der Waals surface area contributed by atoms with Crippen LogP contribution in [0.1, 0.15) is 44.4 Å². The molecule has 0 bridgehead atoms. The number of benzene rings is 1. The minimum absolute atomic E-state index is 0.0381. The molecule has 1 aromatic carbocycles. The van der Waals surface area contributed by atoms with Gasteiger partial charge in [-0.3, -0.25) is 4.84 Å². The maximum atomic E-state index is 12.3. The largest absolute Gasteiger partial charge is 0.487 e. The van der Waals surface area contributed by atoms with Gasteiger partial charge in [-0.05, 0) is 69.0 Å². The van der Waals surface area contributed by atoms with E-state index in [-0.39, 0.29) is 17.7 Å². The molecule has 1 N–H and O–H groups in total. The number of imidazole rings is 1. The number of rotatable bonds is 3.